The molecule has 0 amide bonds. The molecule has 0 aliphatic heterocycles. The van der Waals surface area contributed by atoms with Crippen molar-refractivity contribution in [3.05, 3.63) is 41.7 Å². The van der Waals surface area contributed by atoms with Crippen molar-refractivity contribution in [2.75, 3.05) is 0 Å². The van der Waals surface area contributed by atoms with Gasteiger partial charge in [0.2, 0.25) is 5.83 Å². The van der Waals surface area contributed by atoms with Crippen LogP contribution in [0.4, 0.5) is 4.39 Å². The predicted octanol–water partition coefficient (Wildman–Crippen LogP) is 2.47. The van der Waals surface area contributed by atoms with Gasteiger partial charge in [-0.25, -0.2) is 4.79 Å². The third-order valence-electron chi connectivity index (χ3n) is 1.72. The van der Waals surface area contributed by atoms with E-state index in [2.05, 4.69) is 0 Å². The Kier molecular flexibility index (Phi) is 2.80. The highest BCUT2D eigenvalue weighted by Gasteiger charge is 2.10. The summed E-state index contributed by atoms with van der Waals surface area (Å²) in [5.74, 6) is -2.63. The fraction of sp³-hybridized carbons (Fsp3) is 0.100. The van der Waals surface area contributed by atoms with Gasteiger partial charge in [0.15, 0.2) is 0 Å². The zero-order chi connectivity index (χ0) is 9.84. The minimum absolute atomic E-state index is 0.146. The van der Waals surface area contributed by atoms with Gasteiger partial charge in [-0.05, 0) is 18.1 Å². The molecule has 0 aliphatic rings. The number of allylic oxidation sites excluding steroid dienone is 1. The summed E-state index contributed by atoms with van der Waals surface area (Å²) in [4.78, 5) is 10.3. The second-order valence-electron chi connectivity index (χ2n) is 2.61. The molecule has 0 aliphatic carbocycles. The minimum Gasteiger partial charge on any atom is -0.476 e. The van der Waals surface area contributed by atoms with Crippen LogP contribution < -0.4 is 0 Å². The van der Waals surface area contributed by atoms with Crippen LogP contribution in [0.1, 0.15) is 12.5 Å². The van der Waals surface area contributed by atoms with Crippen molar-refractivity contribution in [2.24, 2.45) is 0 Å². The van der Waals surface area contributed by atoms with E-state index in [-0.39, 0.29) is 5.57 Å². The second-order valence-corrected chi connectivity index (χ2v) is 2.61. The lowest BCUT2D eigenvalue weighted by Crippen LogP contribution is -1.97. The van der Waals surface area contributed by atoms with E-state index in [0.29, 0.717) is 5.56 Å². The Hall–Kier alpha value is -1.64. The number of carbonyl (C=O) groups is 1. The molecular weight excluding hydrogens is 171 g/mol. The van der Waals surface area contributed by atoms with Crippen LogP contribution in [0.15, 0.2) is 36.2 Å². The first-order chi connectivity index (χ1) is 6.13. The standard InChI is InChI=1S/C10H9FO2/c1-7(9(11)10(12)13)8-5-3-2-4-6-8/h2-6H,1H3,(H,12,13)/b9-7+. The van der Waals surface area contributed by atoms with Crippen LogP contribution in [0.25, 0.3) is 5.57 Å². The number of benzene rings is 1. The molecule has 2 nitrogen and oxygen atoms in total. The summed E-state index contributed by atoms with van der Waals surface area (Å²) < 4.78 is 12.9. The smallest absolute Gasteiger partial charge is 0.365 e. The number of rotatable bonds is 2. The quantitative estimate of drug-likeness (QED) is 0.710. The summed E-state index contributed by atoms with van der Waals surface area (Å²) in [6, 6.07) is 8.58. The monoisotopic (exact) mass is 180 g/mol. The Bertz CT molecular complexity index is 341. The van der Waals surface area contributed by atoms with Crippen molar-refractivity contribution in [3.63, 3.8) is 0 Å². The normalized spacial score (nSPS) is 12.2. The van der Waals surface area contributed by atoms with Gasteiger partial charge in [0.05, 0.1) is 0 Å². The van der Waals surface area contributed by atoms with E-state index in [4.69, 9.17) is 5.11 Å². The van der Waals surface area contributed by atoms with Gasteiger partial charge in [0.25, 0.3) is 0 Å². The van der Waals surface area contributed by atoms with Crippen molar-refractivity contribution in [2.45, 2.75) is 6.92 Å². The minimum atomic E-state index is -1.53. The lowest BCUT2D eigenvalue weighted by atomic mass is 10.1. The molecule has 13 heavy (non-hydrogen) atoms. The summed E-state index contributed by atoms with van der Waals surface area (Å²) in [7, 11) is 0. The average Bonchev–Trinajstić information content (AvgIpc) is 2.17. The van der Waals surface area contributed by atoms with Crippen LogP contribution in [0.5, 0.6) is 0 Å². The van der Waals surface area contributed by atoms with Crippen LogP contribution in [0, 0.1) is 0 Å². The van der Waals surface area contributed by atoms with Gasteiger partial charge in [-0.15, -0.1) is 0 Å². The molecule has 1 N–H and O–H groups in total. The highest BCUT2D eigenvalue weighted by atomic mass is 19.1. The maximum Gasteiger partial charge on any atom is 0.365 e. The van der Waals surface area contributed by atoms with Gasteiger partial charge in [-0.2, -0.15) is 4.39 Å². The molecule has 0 aromatic heterocycles. The Labute approximate surface area is 75.3 Å². The third-order valence-corrected chi connectivity index (χ3v) is 1.72. The molecule has 0 spiro atoms. The van der Waals surface area contributed by atoms with E-state index in [9.17, 15) is 9.18 Å². The third kappa shape index (κ3) is 2.15. The molecule has 0 radical (unpaired) electrons. The van der Waals surface area contributed by atoms with Gasteiger partial charge < -0.3 is 5.11 Å². The Morgan fingerprint density at radius 3 is 2.31 bits per heavy atom. The van der Waals surface area contributed by atoms with E-state index in [1.54, 1.807) is 30.3 Å². The number of carboxylic acid groups (broad SMARTS) is 1. The van der Waals surface area contributed by atoms with Gasteiger partial charge >= 0.3 is 5.97 Å². The predicted molar refractivity (Wildman–Crippen MR) is 47.8 cm³/mol. The van der Waals surface area contributed by atoms with Crippen LogP contribution in [0.3, 0.4) is 0 Å². The summed E-state index contributed by atoms with van der Waals surface area (Å²) in [5, 5.41) is 8.38. The number of aliphatic carboxylic acids is 1. The Morgan fingerprint density at radius 1 is 1.31 bits per heavy atom. The molecule has 0 saturated heterocycles. The van der Waals surface area contributed by atoms with Gasteiger partial charge in [-0.1, -0.05) is 30.3 Å². The number of hydrogen-bond acceptors (Lipinski definition) is 1. The van der Waals surface area contributed by atoms with Crippen LogP contribution >= 0.6 is 0 Å². The second kappa shape index (κ2) is 3.85. The number of carboxylic acids is 1. The fourth-order valence-corrected chi connectivity index (χ4v) is 0.975. The molecule has 0 fully saturated rings. The van der Waals surface area contributed by atoms with Crippen molar-refractivity contribution in [3.8, 4) is 0 Å². The highest BCUT2D eigenvalue weighted by molar-refractivity contribution is 5.93. The van der Waals surface area contributed by atoms with E-state index >= 15 is 0 Å². The fourth-order valence-electron chi connectivity index (χ4n) is 0.975. The molecule has 1 rings (SSSR count). The van der Waals surface area contributed by atoms with Gasteiger partial charge in [-0.3, -0.25) is 0 Å². The number of halogens is 1. The van der Waals surface area contributed by atoms with Gasteiger partial charge in [0, 0.05) is 0 Å². The van der Waals surface area contributed by atoms with E-state index in [1.165, 1.54) is 6.92 Å². The van der Waals surface area contributed by atoms with E-state index in [0.717, 1.165) is 0 Å². The summed E-state index contributed by atoms with van der Waals surface area (Å²) in [6.07, 6.45) is 0. The van der Waals surface area contributed by atoms with Crippen LogP contribution in [-0.4, -0.2) is 11.1 Å². The molecule has 0 bridgehead atoms. The molecule has 1 aromatic carbocycles. The molecular formula is C10H9FO2. The molecule has 0 unspecified atom stereocenters. The molecule has 0 saturated carbocycles. The summed E-state index contributed by atoms with van der Waals surface area (Å²) in [6.45, 7) is 1.44. The first kappa shape index (κ1) is 9.45. The largest absolute Gasteiger partial charge is 0.476 e. The average molecular weight is 180 g/mol. The zero-order valence-corrected chi connectivity index (χ0v) is 7.12. The topological polar surface area (TPSA) is 37.3 Å². The maximum atomic E-state index is 12.9. The lowest BCUT2D eigenvalue weighted by molar-refractivity contribution is -0.134. The summed E-state index contributed by atoms with van der Waals surface area (Å²) >= 11 is 0. The highest BCUT2D eigenvalue weighted by Crippen LogP contribution is 2.18. The van der Waals surface area contributed by atoms with E-state index < -0.39 is 11.8 Å². The van der Waals surface area contributed by atoms with Crippen molar-refractivity contribution < 1.29 is 14.3 Å². The van der Waals surface area contributed by atoms with Crippen LogP contribution in [0.2, 0.25) is 0 Å². The Morgan fingerprint density at radius 2 is 1.85 bits per heavy atom. The molecule has 0 atom stereocenters. The molecule has 1 aromatic rings. The molecule has 68 valence electrons. The zero-order valence-electron chi connectivity index (χ0n) is 7.12. The summed E-state index contributed by atoms with van der Waals surface area (Å²) in [5.41, 5.74) is 0.732. The van der Waals surface area contributed by atoms with Crippen LogP contribution in [-0.2, 0) is 4.79 Å². The van der Waals surface area contributed by atoms with Gasteiger partial charge in [0.1, 0.15) is 0 Å². The van der Waals surface area contributed by atoms with Crippen molar-refractivity contribution in [1.82, 2.24) is 0 Å². The molecule has 3 heteroatoms. The maximum absolute atomic E-state index is 12.9. The lowest BCUT2D eigenvalue weighted by Gasteiger charge is -2.00. The molecule has 0 heterocycles. The first-order valence-electron chi connectivity index (χ1n) is 3.78. The number of hydrogen-bond donors (Lipinski definition) is 1. The Balaban J connectivity index is 3.11. The SMILES string of the molecule is C/C(=C(\F)C(=O)O)c1ccccc1. The van der Waals surface area contributed by atoms with Crippen molar-refractivity contribution in [1.29, 1.82) is 0 Å². The first-order valence-corrected chi connectivity index (χ1v) is 3.78. The van der Waals surface area contributed by atoms with Crippen molar-refractivity contribution >= 4 is 11.5 Å². The van der Waals surface area contributed by atoms with E-state index in [1.807, 2.05) is 0 Å².